The van der Waals surface area contributed by atoms with E-state index >= 15 is 0 Å². The minimum Gasteiger partial charge on any atom is -0.427 e. The summed E-state index contributed by atoms with van der Waals surface area (Å²) in [6.45, 7) is 7.34. The van der Waals surface area contributed by atoms with Gasteiger partial charge in [-0.3, -0.25) is 0 Å². The summed E-state index contributed by atoms with van der Waals surface area (Å²) in [5, 5.41) is 13.9. The largest absolute Gasteiger partial charge is 0.427 e. The molecule has 2 aromatic heterocycles. The van der Waals surface area contributed by atoms with Crippen molar-refractivity contribution in [2.24, 2.45) is 0 Å². The topological polar surface area (TPSA) is 42.4 Å². The van der Waals surface area contributed by atoms with Gasteiger partial charge in [0.05, 0.1) is 21.4 Å². The van der Waals surface area contributed by atoms with Gasteiger partial charge in [0.1, 0.15) is 5.01 Å². The number of thiophene rings is 1. The fourth-order valence-electron chi connectivity index (χ4n) is 3.40. The number of rotatable bonds is 5. The minimum absolute atomic E-state index is 0.703. The lowest BCUT2D eigenvalue weighted by Gasteiger charge is -2.37. The monoisotopic (exact) mass is 444 g/mol. The van der Waals surface area contributed by atoms with Crippen LogP contribution in [0.5, 0.6) is 0 Å². The predicted octanol–water partition coefficient (Wildman–Crippen LogP) is 6.14. The predicted molar refractivity (Wildman–Crippen MR) is 135 cm³/mol. The molecule has 0 saturated heterocycles. The lowest BCUT2D eigenvalue weighted by Crippen LogP contribution is -2.49. The maximum absolute atomic E-state index is 10.4. The summed E-state index contributed by atoms with van der Waals surface area (Å²) in [6, 6.07) is 21.1. The fourth-order valence-corrected chi connectivity index (χ4v) is 5.52. The van der Waals surface area contributed by atoms with E-state index in [9.17, 15) is 5.11 Å². The number of hydrogen-bond donors (Lipinski definition) is 1. The molecule has 5 aromatic rings. The molecule has 1 N–H and O–H groups in total. The summed E-state index contributed by atoms with van der Waals surface area (Å²) < 4.78 is 9.66. The molecule has 0 atom stereocenters. The van der Waals surface area contributed by atoms with Crippen LogP contribution in [-0.4, -0.2) is 28.8 Å². The molecule has 3 nitrogen and oxygen atoms in total. The van der Waals surface area contributed by atoms with Crippen LogP contribution in [0.2, 0.25) is 0 Å². The van der Waals surface area contributed by atoms with Gasteiger partial charge in [-0.2, -0.15) is 0 Å². The number of fused-ring (bicyclic) bond motifs is 4. The van der Waals surface area contributed by atoms with E-state index in [0.29, 0.717) is 0 Å². The Morgan fingerprint density at radius 3 is 2.45 bits per heavy atom. The van der Waals surface area contributed by atoms with Crippen molar-refractivity contribution in [2.45, 2.75) is 38.9 Å². The Hall–Kier alpha value is -2.25. The summed E-state index contributed by atoms with van der Waals surface area (Å²) in [4.78, 5) is 4.82. The van der Waals surface area contributed by atoms with Crippen molar-refractivity contribution >= 4 is 66.0 Å². The highest BCUT2D eigenvalue weighted by molar-refractivity contribution is 7.27. The Balaban J connectivity index is 1.55. The molecular weight excluding hydrogens is 421 g/mol. The number of nitrogens with zero attached hydrogens (tertiary/aromatic N) is 1. The van der Waals surface area contributed by atoms with E-state index in [4.69, 9.17) is 9.64 Å². The van der Waals surface area contributed by atoms with E-state index in [1.165, 1.54) is 24.9 Å². The zero-order valence-electron chi connectivity index (χ0n) is 18.0. The SMILES string of the molecule is CC(C)(O)C(C)(C)O[B]c1cccc2c1sc1ccc(-c3nc4ccccc4s3)cc12. The Bertz CT molecular complexity index is 1380. The molecule has 0 spiro atoms. The van der Waals surface area contributed by atoms with Crippen molar-refractivity contribution in [3.05, 3.63) is 60.7 Å². The van der Waals surface area contributed by atoms with Crippen molar-refractivity contribution in [3.8, 4) is 10.6 Å². The third-order valence-electron chi connectivity index (χ3n) is 6.02. The van der Waals surface area contributed by atoms with Crippen LogP contribution in [0.25, 0.3) is 41.0 Å². The molecule has 3 aromatic carbocycles. The maximum atomic E-state index is 10.4. The molecule has 0 fully saturated rings. The third-order valence-corrected chi connectivity index (χ3v) is 8.34. The molecular formula is C25H23BNO2S2. The first-order chi connectivity index (χ1) is 14.7. The highest BCUT2D eigenvalue weighted by Gasteiger charge is 2.35. The Morgan fingerprint density at radius 2 is 1.68 bits per heavy atom. The molecule has 0 aliphatic heterocycles. The first-order valence-corrected chi connectivity index (χ1v) is 11.9. The molecule has 155 valence electrons. The van der Waals surface area contributed by atoms with Gasteiger partial charge in [0, 0.05) is 20.3 Å². The van der Waals surface area contributed by atoms with Crippen LogP contribution in [0.15, 0.2) is 60.7 Å². The fraction of sp³-hybridized carbons (Fsp3) is 0.240. The number of para-hydroxylation sites is 1. The minimum atomic E-state index is -0.955. The molecule has 0 bridgehead atoms. The number of aliphatic hydroxyl groups is 1. The zero-order chi connectivity index (χ0) is 21.8. The van der Waals surface area contributed by atoms with Crippen molar-refractivity contribution in [1.29, 1.82) is 0 Å². The number of aromatic nitrogens is 1. The molecule has 2 heterocycles. The van der Waals surface area contributed by atoms with Crippen LogP contribution in [0.3, 0.4) is 0 Å². The van der Waals surface area contributed by atoms with Crippen LogP contribution >= 0.6 is 22.7 Å². The Labute approximate surface area is 190 Å². The molecule has 0 aliphatic carbocycles. The van der Waals surface area contributed by atoms with E-state index in [-0.39, 0.29) is 0 Å². The molecule has 0 unspecified atom stereocenters. The third kappa shape index (κ3) is 3.68. The molecule has 6 heteroatoms. The summed E-state index contributed by atoms with van der Waals surface area (Å²) >= 11 is 3.49. The standard InChI is InChI=1S/C25H23BNO2S2/c1-24(2,28)25(3,4)29-26-18-9-7-8-16-17-14-15(12-13-20(17)30-22(16)18)23-27-19-10-5-6-11-21(19)31-23/h5-14,28H,1-4H3. The highest BCUT2D eigenvalue weighted by Crippen LogP contribution is 2.37. The van der Waals surface area contributed by atoms with Crippen molar-refractivity contribution < 1.29 is 9.76 Å². The van der Waals surface area contributed by atoms with Gasteiger partial charge >= 0.3 is 7.48 Å². The summed E-state index contributed by atoms with van der Waals surface area (Å²) in [5.74, 6) is 0. The molecule has 5 rings (SSSR count). The Kier molecular flexibility index (Phi) is 4.94. The molecule has 0 aliphatic rings. The van der Waals surface area contributed by atoms with Crippen molar-refractivity contribution in [2.75, 3.05) is 0 Å². The second kappa shape index (κ2) is 7.42. The van der Waals surface area contributed by atoms with E-state index in [2.05, 4.69) is 54.6 Å². The summed E-state index contributed by atoms with van der Waals surface area (Å²) in [7, 11) is 1.78. The van der Waals surface area contributed by atoms with E-state index in [1.807, 2.05) is 19.9 Å². The van der Waals surface area contributed by atoms with Crippen LogP contribution in [0.1, 0.15) is 27.7 Å². The van der Waals surface area contributed by atoms with E-state index in [0.717, 1.165) is 21.6 Å². The second-order valence-corrected chi connectivity index (χ2v) is 10.9. The van der Waals surface area contributed by atoms with Gasteiger partial charge in [0.15, 0.2) is 0 Å². The zero-order valence-corrected chi connectivity index (χ0v) is 19.6. The molecule has 31 heavy (non-hydrogen) atoms. The lowest BCUT2D eigenvalue weighted by molar-refractivity contribution is -0.0893. The van der Waals surface area contributed by atoms with Gasteiger partial charge in [-0.25, -0.2) is 4.98 Å². The van der Waals surface area contributed by atoms with Gasteiger partial charge in [0.2, 0.25) is 0 Å². The normalized spacial score (nSPS) is 12.8. The molecule has 0 amide bonds. The van der Waals surface area contributed by atoms with Crippen LogP contribution in [0, 0.1) is 0 Å². The first-order valence-electron chi connectivity index (χ1n) is 10.3. The number of benzene rings is 3. The van der Waals surface area contributed by atoms with Crippen LogP contribution < -0.4 is 5.46 Å². The molecule has 1 radical (unpaired) electrons. The summed E-state index contributed by atoms with van der Waals surface area (Å²) in [5.41, 5.74) is 1.55. The first kappa shape index (κ1) is 20.6. The van der Waals surface area contributed by atoms with Crippen LogP contribution in [-0.2, 0) is 4.65 Å². The number of thiazole rings is 1. The van der Waals surface area contributed by atoms with Gasteiger partial charge < -0.3 is 9.76 Å². The average molecular weight is 444 g/mol. The van der Waals surface area contributed by atoms with E-state index in [1.54, 1.807) is 44.0 Å². The van der Waals surface area contributed by atoms with Gasteiger partial charge in [-0.05, 0) is 62.8 Å². The van der Waals surface area contributed by atoms with Crippen LogP contribution in [0.4, 0.5) is 0 Å². The second-order valence-electron chi connectivity index (χ2n) is 8.83. The smallest absolute Gasteiger partial charge is 0.332 e. The Morgan fingerprint density at radius 1 is 0.871 bits per heavy atom. The molecule has 0 saturated carbocycles. The quantitative estimate of drug-likeness (QED) is 0.331. The average Bonchev–Trinajstić information content (AvgIpc) is 3.32. The van der Waals surface area contributed by atoms with Crippen molar-refractivity contribution in [1.82, 2.24) is 4.98 Å². The van der Waals surface area contributed by atoms with Gasteiger partial charge in [-0.1, -0.05) is 36.4 Å². The van der Waals surface area contributed by atoms with Crippen molar-refractivity contribution in [3.63, 3.8) is 0 Å². The maximum Gasteiger partial charge on any atom is 0.332 e. The summed E-state index contributed by atoms with van der Waals surface area (Å²) in [6.07, 6.45) is 0. The highest BCUT2D eigenvalue weighted by atomic mass is 32.1. The van der Waals surface area contributed by atoms with E-state index < -0.39 is 11.2 Å². The van der Waals surface area contributed by atoms with Gasteiger partial charge in [0.25, 0.3) is 0 Å². The lowest BCUT2D eigenvalue weighted by atomic mass is 9.82. The number of hydrogen-bond acceptors (Lipinski definition) is 5. The van der Waals surface area contributed by atoms with Gasteiger partial charge in [-0.15, -0.1) is 22.7 Å².